The van der Waals surface area contributed by atoms with Crippen molar-refractivity contribution >= 4 is 16.7 Å². The first kappa shape index (κ1) is 17.2. The topological polar surface area (TPSA) is 28.6 Å². The van der Waals surface area contributed by atoms with E-state index in [1.165, 1.54) is 10.5 Å². The van der Waals surface area contributed by atoms with E-state index in [9.17, 15) is 0 Å². The lowest BCUT2D eigenvalue weighted by Crippen LogP contribution is -2.46. The minimum absolute atomic E-state index is 0.485. The van der Waals surface area contributed by atoms with Gasteiger partial charge >= 0.3 is 0 Å². The van der Waals surface area contributed by atoms with Gasteiger partial charge in [0.05, 0.1) is 7.11 Å². The summed E-state index contributed by atoms with van der Waals surface area (Å²) >= 11 is 0. The molecule has 0 bridgehead atoms. The highest BCUT2D eigenvalue weighted by Gasteiger charge is 2.21. The van der Waals surface area contributed by atoms with Crippen molar-refractivity contribution in [2.24, 2.45) is 0 Å². The molecule has 3 heterocycles. The van der Waals surface area contributed by atoms with E-state index in [0.29, 0.717) is 0 Å². The maximum absolute atomic E-state index is 5.59. The van der Waals surface area contributed by atoms with Crippen LogP contribution in [0.15, 0.2) is 76.2 Å². The van der Waals surface area contributed by atoms with Gasteiger partial charge in [-0.2, -0.15) is 0 Å². The van der Waals surface area contributed by atoms with Crippen LogP contribution in [0.5, 0.6) is 0 Å². The van der Waals surface area contributed by atoms with Crippen molar-refractivity contribution in [2.75, 3.05) is 38.2 Å². The number of benzene rings is 1. The van der Waals surface area contributed by atoms with Gasteiger partial charge in [0.2, 0.25) is 0 Å². The zero-order valence-corrected chi connectivity index (χ0v) is 16.0. The van der Waals surface area contributed by atoms with Gasteiger partial charge in [0, 0.05) is 43.8 Å². The summed E-state index contributed by atoms with van der Waals surface area (Å²) in [6.07, 6.45) is 6.08. The third-order valence-electron chi connectivity index (χ3n) is 4.91. The number of ether oxygens (including phenoxy) is 1. The lowest BCUT2D eigenvalue weighted by atomic mass is 10.2. The molecule has 0 amide bonds. The summed E-state index contributed by atoms with van der Waals surface area (Å²) in [6.45, 7) is 5.17. The Kier molecular flexibility index (Phi) is 5.27. The van der Waals surface area contributed by atoms with Crippen LogP contribution in [0.1, 0.15) is 5.56 Å². The van der Waals surface area contributed by atoms with Gasteiger partial charge in [0.15, 0.2) is 0 Å². The number of methoxy groups -OCH3 is 1. The fourth-order valence-electron chi connectivity index (χ4n) is 3.53. The number of anilines is 1. The van der Waals surface area contributed by atoms with Crippen molar-refractivity contribution in [2.45, 2.75) is 11.4 Å². The smallest absolute Gasteiger partial charge is 0.140 e. The predicted octanol–water partition coefficient (Wildman–Crippen LogP) is 3.78. The monoisotopic (exact) mass is 367 g/mol. The van der Waals surface area contributed by atoms with E-state index in [1.807, 2.05) is 12.3 Å². The lowest BCUT2D eigenvalue weighted by molar-refractivity contribution is 0.247. The maximum Gasteiger partial charge on any atom is 0.140 e. The quantitative estimate of drug-likeness (QED) is 0.814. The van der Waals surface area contributed by atoms with Crippen molar-refractivity contribution in [3.8, 4) is 0 Å². The second kappa shape index (κ2) is 7.98. The molecule has 0 radical (unpaired) electrons. The molecule has 0 N–H and O–H groups in total. The molecule has 4 rings (SSSR count). The van der Waals surface area contributed by atoms with Crippen molar-refractivity contribution in [3.05, 3.63) is 76.9 Å². The van der Waals surface area contributed by atoms with Crippen LogP contribution in [0.2, 0.25) is 0 Å². The molecule has 2 aliphatic heterocycles. The summed E-state index contributed by atoms with van der Waals surface area (Å²) < 4.78 is 5.59. The highest BCUT2D eigenvalue weighted by molar-refractivity contribution is 8.23. The van der Waals surface area contributed by atoms with Gasteiger partial charge in [-0.3, -0.25) is 4.90 Å². The number of hydrogen-bond donors (Lipinski definition) is 1. The Bertz CT molecular complexity index is 798. The Morgan fingerprint density at radius 1 is 1.04 bits per heavy atom. The first-order chi connectivity index (χ1) is 12.8. The van der Waals surface area contributed by atoms with Crippen molar-refractivity contribution in [1.29, 1.82) is 0 Å². The van der Waals surface area contributed by atoms with E-state index in [0.717, 1.165) is 43.6 Å². The minimum Gasteiger partial charge on any atom is -0.492 e. The molecule has 0 aliphatic carbocycles. The fourth-order valence-corrected chi connectivity index (χ4v) is 5.47. The van der Waals surface area contributed by atoms with E-state index >= 15 is 0 Å². The number of rotatable bonds is 5. The first-order valence-electron chi connectivity index (χ1n) is 9.03. The van der Waals surface area contributed by atoms with Crippen LogP contribution >= 0.6 is 10.9 Å². The number of piperazine rings is 1. The largest absolute Gasteiger partial charge is 0.492 e. The molecule has 1 aromatic heterocycles. The van der Waals surface area contributed by atoms with Crippen LogP contribution in [0, 0.1) is 0 Å². The molecule has 4 nitrogen and oxygen atoms in total. The lowest BCUT2D eigenvalue weighted by Gasteiger charge is -2.36. The average Bonchev–Trinajstić information content (AvgIpc) is 3.18. The van der Waals surface area contributed by atoms with Crippen LogP contribution in [-0.4, -0.2) is 43.2 Å². The van der Waals surface area contributed by atoms with Crippen LogP contribution in [0.4, 0.5) is 5.82 Å². The van der Waals surface area contributed by atoms with Crippen LogP contribution in [0.3, 0.4) is 0 Å². The Morgan fingerprint density at radius 2 is 1.85 bits per heavy atom. The molecule has 0 spiro atoms. The number of allylic oxidation sites excluding steroid dienone is 2. The SMILES string of the molecule is COC1=CC=C[SH]1c1ccccc1CN1CCN(c2ccccn2)CC1. The molecule has 1 aromatic carbocycles. The number of nitrogens with zero attached hydrogens (tertiary/aromatic N) is 3. The van der Waals surface area contributed by atoms with Gasteiger partial charge in [0.25, 0.3) is 0 Å². The average molecular weight is 368 g/mol. The Morgan fingerprint density at radius 3 is 2.62 bits per heavy atom. The molecule has 136 valence electrons. The zero-order valence-electron chi connectivity index (χ0n) is 15.1. The molecule has 1 unspecified atom stereocenters. The Hall–Kier alpha value is -2.24. The molecule has 1 atom stereocenters. The van der Waals surface area contributed by atoms with Gasteiger partial charge in [-0.15, -0.1) is 10.9 Å². The summed E-state index contributed by atoms with van der Waals surface area (Å²) in [6, 6.07) is 14.9. The van der Waals surface area contributed by atoms with E-state index in [-0.39, 0.29) is 0 Å². The minimum atomic E-state index is -0.485. The van der Waals surface area contributed by atoms with E-state index in [2.05, 4.69) is 68.7 Å². The Labute approximate surface area is 158 Å². The van der Waals surface area contributed by atoms with E-state index in [4.69, 9.17) is 4.74 Å². The second-order valence-corrected chi connectivity index (χ2v) is 8.46. The van der Waals surface area contributed by atoms with Crippen LogP contribution in [0.25, 0.3) is 0 Å². The van der Waals surface area contributed by atoms with Gasteiger partial charge in [0.1, 0.15) is 10.9 Å². The molecule has 26 heavy (non-hydrogen) atoms. The summed E-state index contributed by atoms with van der Waals surface area (Å²) in [4.78, 5) is 10.8. The van der Waals surface area contributed by atoms with Crippen molar-refractivity contribution < 1.29 is 4.74 Å². The molecule has 2 aromatic rings. The summed E-state index contributed by atoms with van der Waals surface area (Å²) in [7, 11) is 1.29. The standard InChI is InChI=1S/C21H25N3OS/c1-25-21-10-6-16-26(21)19-8-3-2-7-18(19)17-23-12-14-24(15-13-23)20-9-4-5-11-22-20/h2-11,16,26H,12-15,17H2,1H3. The Balaban J connectivity index is 1.43. The van der Waals surface area contributed by atoms with Gasteiger partial charge in [-0.1, -0.05) is 30.3 Å². The third kappa shape index (κ3) is 3.64. The zero-order chi connectivity index (χ0) is 17.8. The summed E-state index contributed by atoms with van der Waals surface area (Å²) in [5.41, 5.74) is 1.42. The van der Waals surface area contributed by atoms with Gasteiger partial charge < -0.3 is 9.64 Å². The second-order valence-electron chi connectivity index (χ2n) is 6.50. The van der Waals surface area contributed by atoms with Crippen molar-refractivity contribution in [3.63, 3.8) is 0 Å². The van der Waals surface area contributed by atoms with Crippen molar-refractivity contribution in [1.82, 2.24) is 9.88 Å². The number of pyridine rings is 1. The molecule has 1 fully saturated rings. The molecule has 0 saturated carbocycles. The molecular weight excluding hydrogens is 342 g/mol. The van der Waals surface area contributed by atoms with E-state index in [1.54, 1.807) is 7.11 Å². The van der Waals surface area contributed by atoms with Gasteiger partial charge in [-0.25, -0.2) is 4.98 Å². The number of hydrogen-bond acceptors (Lipinski definition) is 4. The van der Waals surface area contributed by atoms with Crippen LogP contribution < -0.4 is 4.90 Å². The van der Waals surface area contributed by atoms with Crippen LogP contribution in [-0.2, 0) is 11.3 Å². The third-order valence-corrected chi connectivity index (χ3v) is 7.14. The number of aromatic nitrogens is 1. The number of thiol groups is 1. The molecule has 5 heteroatoms. The predicted molar refractivity (Wildman–Crippen MR) is 110 cm³/mol. The first-order valence-corrected chi connectivity index (χ1v) is 10.4. The summed E-state index contributed by atoms with van der Waals surface area (Å²) in [5, 5.41) is 3.37. The highest BCUT2D eigenvalue weighted by atomic mass is 32.2. The molecular formula is C21H25N3OS. The molecule has 1 saturated heterocycles. The summed E-state index contributed by atoms with van der Waals surface area (Å²) in [5.74, 6) is 1.09. The fraction of sp³-hybridized carbons (Fsp3) is 0.286. The highest BCUT2D eigenvalue weighted by Crippen LogP contribution is 2.50. The molecule has 2 aliphatic rings. The van der Waals surface area contributed by atoms with E-state index < -0.39 is 10.9 Å². The normalized spacial score (nSPS) is 21.7. The van der Waals surface area contributed by atoms with Gasteiger partial charge in [-0.05, 0) is 35.2 Å². The maximum atomic E-state index is 5.59.